The van der Waals surface area contributed by atoms with E-state index in [0.29, 0.717) is 11.3 Å². The van der Waals surface area contributed by atoms with E-state index in [9.17, 15) is 14.4 Å². The molecule has 2 aliphatic rings. The first kappa shape index (κ1) is 16.8. The molecule has 23 heavy (non-hydrogen) atoms. The Bertz CT molecular complexity index is 661. The smallest absolute Gasteiger partial charge is 0.323 e. The average molecular weight is 318 g/mol. The molecule has 0 heterocycles. The highest BCUT2D eigenvalue weighted by molar-refractivity contribution is 6.03. The van der Waals surface area contributed by atoms with Gasteiger partial charge in [-0.3, -0.25) is 14.4 Å². The zero-order valence-electron chi connectivity index (χ0n) is 13.3. The van der Waals surface area contributed by atoms with E-state index in [4.69, 9.17) is 14.2 Å². The van der Waals surface area contributed by atoms with Crippen LogP contribution in [0.1, 0.15) is 12.8 Å². The number of carbonyl (C=O) groups is 3. The SMILES string of the molecule is C=C=C1CC(C(=O)OC)(C(=O)OC)CC12C=CC(=O)C=C2OC. The normalized spacial score (nSPS) is 24.9. The van der Waals surface area contributed by atoms with Crippen LogP contribution in [0, 0.1) is 10.8 Å². The van der Waals surface area contributed by atoms with Crippen molar-refractivity contribution in [2.24, 2.45) is 10.8 Å². The molecular formula is C17H18O6. The van der Waals surface area contributed by atoms with Crippen molar-refractivity contribution in [2.75, 3.05) is 21.3 Å². The van der Waals surface area contributed by atoms with Crippen LogP contribution in [0.4, 0.5) is 0 Å². The fourth-order valence-corrected chi connectivity index (χ4v) is 3.34. The summed E-state index contributed by atoms with van der Waals surface area (Å²) in [6.45, 7) is 3.65. The van der Waals surface area contributed by atoms with Crippen LogP contribution in [-0.2, 0) is 28.6 Å². The molecule has 2 aliphatic carbocycles. The van der Waals surface area contributed by atoms with Gasteiger partial charge in [0.1, 0.15) is 5.76 Å². The highest BCUT2D eigenvalue weighted by Gasteiger charge is 2.62. The summed E-state index contributed by atoms with van der Waals surface area (Å²) in [6, 6.07) is 0. The number of methoxy groups -OCH3 is 3. The molecule has 1 spiro atoms. The molecule has 0 N–H and O–H groups in total. The van der Waals surface area contributed by atoms with Gasteiger partial charge in [-0.25, -0.2) is 0 Å². The molecule has 1 atom stereocenters. The second kappa shape index (κ2) is 5.89. The van der Waals surface area contributed by atoms with Gasteiger partial charge in [-0.2, -0.15) is 0 Å². The summed E-state index contributed by atoms with van der Waals surface area (Å²) in [4.78, 5) is 36.3. The highest BCUT2D eigenvalue weighted by atomic mass is 16.5. The molecule has 6 nitrogen and oxygen atoms in total. The molecule has 1 unspecified atom stereocenters. The summed E-state index contributed by atoms with van der Waals surface area (Å²) < 4.78 is 15.0. The van der Waals surface area contributed by atoms with Gasteiger partial charge in [-0.05, 0) is 18.1 Å². The topological polar surface area (TPSA) is 78.9 Å². The Kier molecular flexibility index (Phi) is 4.30. The summed E-state index contributed by atoms with van der Waals surface area (Å²) in [7, 11) is 3.85. The lowest BCUT2D eigenvalue weighted by Gasteiger charge is -2.31. The van der Waals surface area contributed by atoms with Crippen LogP contribution >= 0.6 is 0 Å². The van der Waals surface area contributed by atoms with E-state index in [-0.39, 0.29) is 18.6 Å². The van der Waals surface area contributed by atoms with Crippen LogP contribution in [-0.4, -0.2) is 39.1 Å². The van der Waals surface area contributed by atoms with Gasteiger partial charge in [-0.1, -0.05) is 12.7 Å². The van der Waals surface area contributed by atoms with Crippen molar-refractivity contribution < 1.29 is 28.6 Å². The molecule has 6 heteroatoms. The number of ketones is 1. The van der Waals surface area contributed by atoms with Gasteiger partial charge >= 0.3 is 11.9 Å². The summed E-state index contributed by atoms with van der Waals surface area (Å²) >= 11 is 0. The van der Waals surface area contributed by atoms with Crippen molar-refractivity contribution in [3.05, 3.63) is 41.9 Å². The maximum Gasteiger partial charge on any atom is 0.323 e. The minimum atomic E-state index is -1.52. The van der Waals surface area contributed by atoms with E-state index in [1.165, 1.54) is 33.5 Å². The molecule has 0 aromatic rings. The summed E-state index contributed by atoms with van der Waals surface area (Å²) in [5.41, 5.74) is 0.899. The minimum absolute atomic E-state index is 0.0284. The van der Waals surface area contributed by atoms with Gasteiger partial charge in [0.25, 0.3) is 0 Å². The lowest BCUT2D eigenvalue weighted by Crippen LogP contribution is -2.40. The van der Waals surface area contributed by atoms with Crippen molar-refractivity contribution >= 4 is 17.7 Å². The van der Waals surface area contributed by atoms with Crippen molar-refractivity contribution in [1.29, 1.82) is 0 Å². The summed E-state index contributed by atoms with van der Waals surface area (Å²) in [5.74, 6) is -1.29. The second-order valence-corrected chi connectivity index (χ2v) is 5.49. The number of hydrogen-bond acceptors (Lipinski definition) is 6. The molecule has 0 aromatic heterocycles. The van der Waals surface area contributed by atoms with Crippen LogP contribution < -0.4 is 0 Å². The molecule has 0 aliphatic heterocycles. The second-order valence-electron chi connectivity index (χ2n) is 5.49. The van der Waals surface area contributed by atoms with Gasteiger partial charge < -0.3 is 14.2 Å². The molecule has 0 aromatic carbocycles. The maximum absolute atomic E-state index is 12.3. The van der Waals surface area contributed by atoms with E-state index < -0.39 is 22.8 Å². The Hall–Kier alpha value is -2.59. The first-order valence-electron chi connectivity index (χ1n) is 6.96. The molecule has 2 rings (SSSR count). The Labute approximate surface area is 134 Å². The molecular weight excluding hydrogens is 300 g/mol. The fraction of sp³-hybridized carbons (Fsp3) is 0.412. The number of rotatable bonds is 3. The quantitative estimate of drug-likeness (QED) is 0.445. The first-order valence-corrected chi connectivity index (χ1v) is 6.96. The average Bonchev–Trinajstić information content (AvgIpc) is 2.92. The minimum Gasteiger partial charge on any atom is -0.500 e. The van der Waals surface area contributed by atoms with E-state index in [1.54, 1.807) is 6.08 Å². The van der Waals surface area contributed by atoms with Gasteiger partial charge in [0.05, 0.1) is 26.7 Å². The predicted octanol–water partition coefficient (Wildman–Crippen LogP) is 1.48. The molecule has 0 amide bonds. The predicted molar refractivity (Wildman–Crippen MR) is 80.0 cm³/mol. The van der Waals surface area contributed by atoms with Crippen LogP contribution in [0.15, 0.2) is 41.9 Å². The lowest BCUT2D eigenvalue weighted by molar-refractivity contribution is -0.169. The molecule has 122 valence electrons. The Morgan fingerprint density at radius 2 is 1.83 bits per heavy atom. The third-order valence-electron chi connectivity index (χ3n) is 4.43. The molecule has 0 saturated heterocycles. The van der Waals surface area contributed by atoms with Crippen molar-refractivity contribution in [3.63, 3.8) is 0 Å². The first-order chi connectivity index (χ1) is 10.9. The van der Waals surface area contributed by atoms with Gasteiger partial charge in [0.2, 0.25) is 0 Å². The number of hydrogen-bond donors (Lipinski definition) is 0. The zero-order chi connectivity index (χ0) is 17.3. The van der Waals surface area contributed by atoms with Crippen LogP contribution in [0.2, 0.25) is 0 Å². The number of allylic oxidation sites excluding steroid dienone is 3. The number of carbonyl (C=O) groups excluding carboxylic acids is 3. The zero-order valence-corrected chi connectivity index (χ0v) is 13.3. The van der Waals surface area contributed by atoms with Gasteiger partial charge in [0, 0.05) is 12.5 Å². The third kappa shape index (κ3) is 2.32. The Morgan fingerprint density at radius 3 is 2.30 bits per heavy atom. The maximum atomic E-state index is 12.3. The van der Waals surface area contributed by atoms with Gasteiger partial charge in [-0.15, -0.1) is 5.73 Å². The third-order valence-corrected chi connectivity index (χ3v) is 4.43. The standard InChI is InChI=1S/C17H18O6/c1-5-11-9-17(14(19)22-3,15(20)23-4)10-16(11)7-6-12(18)8-13(16)21-2/h6-8H,1,9-10H2,2-4H3. The molecule has 0 bridgehead atoms. The lowest BCUT2D eigenvalue weighted by atomic mass is 9.74. The van der Waals surface area contributed by atoms with E-state index >= 15 is 0 Å². The van der Waals surface area contributed by atoms with Crippen LogP contribution in [0.3, 0.4) is 0 Å². The molecule has 0 radical (unpaired) electrons. The highest BCUT2D eigenvalue weighted by Crippen LogP contribution is 2.59. The number of ether oxygens (including phenoxy) is 3. The van der Waals surface area contributed by atoms with Gasteiger partial charge in [0.15, 0.2) is 11.2 Å². The fourth-order valence-electron chi connectivity index (χ4n) is 3.34. The van der Waals surface area contributed by atoms with Crippen molar-refractivity contribution in [1.82, 2.24) is 0 Å². The van der Waals surface area contributed by atoms with Crippen LogP contribution in [0.25, 0.3) is 0 Å². The summed E-state index contributed by atoms with van der Waals surface area (Å²) in [5, 5.41) is 0. The monoisotopic (exact) mass is 318 g/mol. The molecule has 1 saturated carbocycles. The number of esters is 2. The Balaban J connectivity index is 2.64. The molecule has 1 fully saturated rings. The Morgan fingerprint density at radius 1 is 1.22 bits per heavy atom. The van der Waals surface area contributed by atoms with Crippen LogP contribution in [0.5, 0.6) is 0 Å². The summed E-state index contributed by atoms with van der Waals surface area (Å²) in [6.07, 6.45) is 4.40. The van der Waals surface area contributed by atoms with E-state index in [1.807, 2.05) is 0 Å². The van der Waals surface area contributed by atoms with Crippen molar-refractivity contribution in [2.45, 2.75) is 12.8 Å². The van der Waals surface area contributed by atoms with E-state index in [0.717, 1.165) is 0 Å². The van der Waals surface area contributed by atoms with Crippen molar-refractivity contribution in [3.8, 4) is 0 Å². The largest absolute Gasteiger partial charge is 0.500 e. The van der Waals surface area contributed by atoms with E-state index in [2.05, 4.69) is 12.3 Å².